The fourth-order valence-electron chi connectivity index (χ4n) is 1.88. The van der Waals surface area contributed by atoms with Gasteiger partial charge in [0.2, 0.25) is 0 Å². The van der Waals surface area contributed by atoms with Crippen LogP contribution in [0.15, 0.2) is 23.8 Å². The van der Waals surface area contributed by atoms with Crippen LogP contribution in [0.3, 0.4) is 0 Å². The van der Waals surface area contributed by atoms with Gasteiger partial charge in [-0.15, -0.1) is 11.3 Å². The summed E-state index contributed by atoms with van der Waals surface area (Å²) in [4.78, 5) is 5.25. The van der Waals surface area contributed by atoms with Crippen molar-refractivity contribution in [1.82, 2.24) is 10.3 Å². The average molecular weight is 294 g/mol. The predicted octanol–water partition coefficient (Wildman–Crippen LogP) is 2.46. The van der Waals surface area contributed by atoms with Crippen LogP contribution < -0.4 is 19.5 Å². The van der Waals surface area contributed by atoms with E-state index in [4.69, 9.17) is 14.2 Å². The minimum absolute atomic E-state index is 0.663. The van der Waals surface area contributed by atoms with Crippen LogP contribution in [-0.4, -0.2) is 26.3 Å². The molecule has 0 unspecified atom stereocenters. The fraction of sp³-hybridized carbons (Fsp3) is 0.357. The maximum atomic E-state index is 5.39. The van der Waals surface area contributed by atoms with Crippen molar-refractivity contribution in [1.29, 1.82) is 0 Å². The van der Waals surface area contributed by atoms with Gasteiger partial charge in [-0.1, -0.05) is 0 Å². The van der Waals surface area contributed by atoms with Gasteiger partial charge in [0.15, 0.2) is 11.5 Å². The van der Waals surface area contributed by atoms with E-state index in [1.54, 1.807) is 32.7 Å². The number of thiazole rings is 1. The number of benzene rings is 1. The molecular weight excluding hydrogens is 276 g/mol. The Balaban J connectivity index is 2.09. The number of aromatic nitrogens is 1. The van der Waals surface area contributed by atoms with E-state index in [1.165, 1.54) is 4.88 Å². The first kappa shape index (κ1) is 14.6. The molecule has 0 radical (unpaired) electrons. The normalized spacial score (nSPS) is 10.3. The Labute approximate surface area is 122 Å². The molecule has 2 aromatic rings. The first-order valence-electron chi connectivity index (χ1n) is 6.15. The van der Waals surface area contributed by atoms with Crippen molar-refractivity contribution in [2.45, 2.75) is 13.1 Å². The summed E-state index contributed by atoms with van der Waals surface area (Å²) in [6.07, 6.45) is 1.86. The number of nitrogens with one attached hydrogen (secondary N) is 1. The molecule has 0 aliphatic heterocycles. The summed E-state index contributed by atoms with van der Waals surface area (Å²) in [5, 5.41) is 3.36. The summed E-state index contributed by atoms with van der Waals surface area (Å²) in [6, 6.07) is 3.76. The minimum atomic E-state index is 0.663. The molecule has 0 fully saturated rings. The largest absolute Gasteiger partial charge is 0.496 e. The van der Waals surface area contributed by atoms with Crippen molar-refractivity contribution in [3.05, 3.63) is 34.3 Å². The topological polar surface area (TPSA) is 52.6 Å². The molecule has 0 bridgehead atoms. The van der Waals surface area contributed by atoms with Gasteiger partial charge in [0.25, 0.3) is 0 Å². The highest BCUT2D eigenvalue weighted by Crippen LogP contribution is 2.34. The molecule has 0 saturated carbocycles. The Kier molecular flexibility index (Phi) is 5.20. The first-order chi connectivity index (χ1) is 9.78. The molecule has 1 aromatic carbocycles. The quantitative estimate of drug-likeness (QED) is 0.850. The van der Waals surface area contributed by atoms with Gasteiger partial charge in [-0.3, -0.25) is 4.98 Å². The van der Waals surface area contributed by atoms with E-state index in [0.29, 0.717) is 18.0 Å². The minimum Gasteiger partial charge on any atom is -0.496 e. The van der Waals surface area contributed by atoms with E-state index in [-0.39, 0.29) is 0 Å². The second kappa shape index (κ2) is 7.12. The Morgan fingerprint density at radius 2 is 1.70 bits per heavy atom. The summed E-state index contributed by atoms with van der Waals surface area (Å²) >= 11 is 1.63. The van der Waals surface area contributed by atoms with Gasteiger partial charge in [-0.05, 0) is 6.07 Å². The van der Waals surface area contributed by atoms with Crippen molar-refractivity contribution >= 4 is 11.3 Å². The molecule has 0 aliphatic carbocycles. The highest BCUT2D eigenvalue weighted by atomic mass is 32.1. The van der Waals surface area contributed by atoms with Crippen molar-refractivity contribution in [3.63, 3.8) is 0 Å². The van der Waals surface area contributed by atoms with E-state index < -0.39 is 0 Å². The summed E-state index contributed by atoms with van der Waals surface area (Å²) in [7, 11) is 4.88. The Bertz CT molecular complexity index is 544. The van der Waals surface area contributed by atoms with Gasteiger partial charge in [-0.25, -0.2) is 0 Å². The summed E-state index contributed by atoms with van der Waals surface area (Å²) in [6.45, 7) is 1.46. The van der Waals surface area contributed by atoms with Crippen LogP contribution in [0.1, 0.15) is 10.4 Å². The van der Waals surface area contributed by atoms with Crippen LogP contribution in [0.5, 0.6) is 17.2 Å². The van der Waals surface area contributed by atoms with Gasteiger partial charge in [0.1, 0.15) is 5.75 Å². The van der Waals surface area contributed by atoms with E-state index in [1.807, 2.05) is 23.8 Å². The molecule has 6 heteroatoms. The highest BCUT2D eigenvalue weighted by Gasteiger charge is 2.11. The van der Waals surface area contributed by atoms with Crippen LogP contribution in [0.2, 0.25) is 0 Å². The van der Waals surface area contributed by atoms with Crippen molar-refractivity contribution in [2.75, 3.05) is 21.3 Å². The first-order valence-corrected chi connectivity index (χ1v) is 7.03. The van der Waals surface area contributed by atoms with Gasteiger partial charge >= 0.3 is 0 Å². The molecule has 0 atom stereocenters. The molecule has 0 spiro atoms. The van der Waals surface area contributed by atoms with Crippen molar-refractivity contribution in [2.24, 2.45) is 0 Å². The number of hydrogen-bond acceptors (Lipinski definition) is 6. The lowest BCUT2D eigenvalue weighted by atomic mass is 10.1. The number of nitrogens with zero attached hydrogens (tertiary/aromatic N) is 1. The molecule has 0 aliphatic rings. The third kappa shape index (κ3) is 3.40. The molecule has 1 heterocycles. The van der Waals surface area contributed by atoms with Crippen LogP contribution in [0.25, 0.3) is 0 Å². The molecule has 0 saturated heterocycles. The van der Waals surface area contributed by atoms with Gasteiger partial charge < -0.3 is 19.5 Å². The van der Waals surface area contributed by atoms with E-state index in [2.05, 4.69) is 10.3 Å². The smallest absolute Gasteiger partial charge is 0.164 e. The maximum Gasteiger partial charge on any atom is 0.164 e. The Morgan fingerprint density at radius 3 is 2.30 bits per heavy atom. The number of methoxy groups -OCH3 is 3. The van der Waals surface area contributed by atoms with Gasteiger partial charge in [0.05, 0.1) is 26.8 Å². The van der Waals surface area contributed by atoms with Crippen LogP contribution in [-0.2, 0) is 13.1 Å². The van der Waals surface area contributed by atoms with E-state index >= 15 is 0 Å². The highest BCUT2D eigenvalue weighted by molar-refractivity contribution is 7.09. The monoisotopic (exact) mass is 294 g/mol. The number of ether oxygens (including phenoxy) is 3. The molecule has 108 valence electrons. The number of hydrogen-bond donors (Lipinski definition) is 1. The lowest BCUT2D eigenvalue weighted by Gasteiger charge is -2.14. The van der Waals surface area contributed by atoms with Gasteiger partial charge in [0, 0.05) is 35.8 Å². The SMILES string of the molecule is COc1cc(OC)c(OC)cc1CNCc1cncs1. The van der Waals surface area contributed by atoms with E-state index in [9.17, 15) is 0 Å². The van der Waals surface area contributed by atoms with Crippen LogP contribution in [0.4, 0.5) is 0 Å². The molecule has 2 rings (SSSR count). The van der Waals surface area contributed by atoms with E-state index in [0.717, 1.165) is 17.9 Å². The summed E-state index contributed by atoms with van der Waals surface area (Å²) < 4.78 is 16.0. The molecular formula is C14H18N2O3S. The zero-order chi connectivity index (χ0) is 14.4. The fourth-order valence-corrected chi connectivity index (χ4v) is 2.44. The third-order valence-electron chi connectivity index (χ3n) is 2.88. The summed E-state index contributed by atoms with van der Waals surface area (Å²) in [5.74, 6) is 2.14. The van der Waals surface area contributed by atoms with Crippen molar-refractivity contribution < 1.29 is 14.2 Å². The molecule has 1 N–H and O–H groups in total. The second-order valence-corrected chi connectivity index (χ2v) is 5.06. The number of rotatable bonds is 7. The van der Waals surface area contributed by atoms with Gasteiger partial charge in [-0.2, -0.15) is 0 Å². The molecule has 0 amide bonds. The molecule has 5 nitrogen and oxygen atoms in total. The zero-order valence-corrected chi connectivity index (χ0v) is 12.6. The standard InChI is InChI=1S/C14H18N2O3S/c1-17-12-5-14(19-3)13(18-2)4-10(12)6-15-7-11-8-16-9-20-11/h4-5,8-9,15H,6-7H2,1-3H3. The molecule has 20 heavy (non-hydrogen) atoms. The Morgan fingerprint density at radius 1 is 1.00 bits per heavy atom. The Hall–Kier alpha value is -1.79. The zero-order valence-electron chi connectivity index (χ0n) is 11.8. The van der Waals surface area contributed by atoms with Crippen LogP contribution in [0, 0.1) is 0 Å². The third-order valence-corrected chi connectivity index (χ3v) is 3.66. The second-order valence-electron chi connectivity index (χ2n) is 4.09. The lowest BCUT2D eigenvalue weighted by Crippen LogP contribution is -2.13. The lowest BCUT2D eigenvalue weighted by molar-refractivity contribution is 0.347. The maximum absolute atomic E-state index is 5.39. The summed E-state index contributed by atoms with van der Waals surface area (Å²) in [5.41, 5.74) is 2.85. The molecule has 1 aromatic heterocycles. The van der Waals surface area contributed by atoms with Crippen molar-refractivity contribution in [3.8, 4) is 17.2 Å². The average Bonchev–Trinajstić information content (AvgIpc) is 2.99. The van der Waals surface area contributed by atoms with Crippen LogP contribution >= 0.6 is 11.3 Å². The predicted molar refractivity (Wildman–Crippen MR) is 78.8 cm³/mol.